The normalized spacial score (nSPS) is 52.1. The molecule has 1 aliphatic heterocycles. The Bertz CT molecular complexity index is 1180. The van der Waals surface area contributed by atoms with Crippen LogP contribution in [0.1, 0.15) is 119 Å². The molecular weight excluding hydrogens is 556 g/mol. The number of ether oxygens (including phenoxy) is 1. The zero-order chi connectivity index (χ0) is 32.3. The van der Waals surface area contributed by atoms with Gasteiger partial charge in [0.25, 0.3) is 0 Å². The zero-order valence-corrected chi connectivity index (χ0v) is 28.3. The molecule has 44 heavy (non-hydrogen) atoms. The third-order valence-electron chi connectivity index (χ3n) is 15.5. The van der Waals surface area contributed by atoms with E-state index in [9.17, 15) is 30.3 Å². The number of fused-ring (bicyclic) bond motifs is 7. The smallest absolute Gasteiger partial charge is 0.138 e. The maximum atomic E-state index is 13.1. The van der Waals surface area contributed by atoms with Gasteiger partial charge in [0.1, 0.15) is 36.3 Å². The van der Waals surface area contributed by atoms with Crippen molar-refractivity contribution in [2.45, 2.75) is 156 Å². The van der Waals surface area contributed by atoms with Gasteiger partial charge in [0.2, 0.25) is 0 Å². The Hall–Kier alpha value is -0.830. The Morgan fingerprint density at radius 3 is 2.25 bits per heavy atom. The van der Waals surface area contributed by atoms with E-state index in [1.807, 2.05) is 0 Å². The van der Waals surface area contributed by atoms with Gasteiger partial charge in [-0.2, -0.15) is 0 Å². The maximum Gasteiger partial charge on any atom is 0.138 e. The molecule has 6 rings (SSSR count). The standard InChI is InChI=1S/C37H60O7/c1-32(2)14-16-37(19-23(39)31-30(43)29(42)28(41)24(20-38)44-31)17-15-35(6)21(22(37)18-32)8-9-26-34(5)12-11-27(40)33(3,4)25(34)10-13-36(26,35)7/h8,22-26,28-31,38-39,41-43H,9-20H2,1-7H3/t22?,23-,24?,25?,26?,28+,29?,30?,31+,34-,35+,36+,37+/m0/s1. The van der Waals surface area contributed by atoms with Crippen LogP contribution in [0.3, 0.4) is 0 Å². The predicted octanol–water partition coefficient (Wildman–Crippen LogP) is 4.95. The van der Waals surface area contributed by atoms with E-state index in [4.69, 9.17) is 4.74 Å². The number of carbonyl (C=O) groups is 1. The molecule has 13 atom stereocenters. The second-order valence-electron chi connectivity index (χ2n) is 18.3. The van der Waals surface area contributed by atoms with Crippen molar-refractivity contribution in [3.63, 3.8) is 0 Å². The highest BCUT2D eigenvalue weighted by atomic mass is 16.6. The molecule has 7 nitrogen and oxygen atoms in total. The van der Waals surface area contributed by atoms with Gasteiger partial charge in [-0.3, -0.25) is 4.79 Å². The predicted molar refractivity (Wildman–Crippen MR) is 168 cm³/mol. The van der Waals surface area contributed by atoms with Crippen LogP contribution < -0.4 is 0 Å². The largest absolute Gasteiger partial charge is 0.394 e. The number of aliphatic hydroxyl groups excluding tert-OH is 5. The van der Waals surface area contributed by atoms with Crippen LogP contribution in [0.15, 0.2) is 11.6 Å². The molecule has 0 radical (unpaired) electrons. The second-order valence-corrected chi connectivity index (χ2v) is 18.3. The first-order valence-electron chi connectivity index (χ1n) is 17.6. The Labute approximate surface area is 264 Å². The van der Waals surface area contributed by atoms with Gasteiger partial charge in [0.15, 0.2) is 0 Å². The monoisotopic (exact) mass is 616 g/mol. The lowest BCUT2D eigenvalue weighted by molar-refractivity contribution is -0.253. The number of ketones is 1. The molecule has 7 heteroatoms. The van der Waals surface area contributed by atoms with Crippen molar-refractivity contribution in [2.75, 3.05) is 6.61 Å². The van der Waals surface area contributed by atoms with Gasteiger partial charge in [-0.15, -0.1) is 0 Å². The zero-order valence-electron chi connectivity index (χ0n) is 28.3. The number of allylic oxidation sites excluding steroid dienone is 2. The number of rotatable bonds is 4. The fourth-order valence-electron chi connectivity index (χ4n) is 12.5. The lowest BCUT2D eigenvalue weighted by Gasteiger charge is -2.71. The Morgan fingerprint density at radius 2 is 1.57 bits per heavy atom. The average Bonchev–Trinajstić information content (AvgIpc) is 2.95. The lowest BCUT2D eigenvalue weighted by atomic mass is 9.33. The van der Waals surface area contributed by atoms with Crippen LogP contribution in [0.25, 0.3) is 0 Å². The van der Waals surface area contributed by atoms with E-state index in [2.05, 4.69) is 54.5 Å². The fourth-order valence-corrected chi connectivity index (χ4v) is 12.5. The average molecular weight is 617 g/mol. The highest BCUT2D eigenvalue weighted by Crippen LogP contribution is 2.76. The molecule has 6 aliphatic rings. The third kappa shape index (κ3) is 4.52. The van der Waals surface area contributed by atoms with Crippen molar-refractivity contribution in [1.29, 1.82) is 0 Å². The second kappa shape index (κ2) is 10.6. The Kier molecular flexibility index (Phi) is 7.96. The topological polar surface area (TPSA) is 127 Å². The molecule has 5 N–H and O–H groups in total. The SMILES string of the molecule is CC1(C)CC[C@]2(C[C@H](O)[C@H]3OC(CO)[C@@H](O)C(O)C3O)CC[C@]3(C)C(=CCC4[C@@]5(C)CCC(=O)C(C)(C)C5CC[C@]43C)C2C1. The summed E-state index contributed by atoms with van der Waals surface area (Å²) < 4.78 is 5.85. The molecule has 0 bridgehead atoms. The van der Waals surface area contributed by atoms with E-state index < -0.39 is 43.2 Å². The van der Waals surface area contributed by atoms with Gasteiger partial charge < -0.3 is 30.3 Å². The van der Waals surface area contributed by atoms with Gasteiger partial charge in [-0.25, -0.2) is 0 Å². The van der Waals surface area contributed by atoms with E-state index >= 15 is 0 Å². The summed E-state index contributed by atoms with van der Waals surface area (Å²) >= 11 is 0. The van der Waals surface area contributed by atoms with Crippen molar-refractivity contribution in [2.24, 2.45) is 50.2 Å². The van der Waals surface area contributed by atoms with E-state index in [0.29, 0.717) is 36.4 Å². The highest BCUT2D eigenvalue weighted by Gasteiger charge is 2.68. The number of carbonyl (C=O) groups excluding carboxylic acids is 1. The molecule has 250 valence electrons. The molecular formula is C37H60O7. The molecule has 6 unspecified atom stereocenters. The fraction of sp³-hybridized carbons (Fsp3) is 0.919. The van der Waals surface area contributed by atoms with Crippen molar-refractivity contribution in [1.82, 2.24) is 0 Å². The number of Topliss-reactive ketones (excluding diaryl/α,β-unsaturated/α-hetero) is 1. The molecule has 5 fully saturated rings. The van der Waals surface area contributed by atoms with Crippen LogP contribution in [0.2, 0.25) is 0 Å². The summed E-state index contributed by atoms with van der Waals surface area (Å²) in [6.45, 7) is 16.3. The molecule has 1 heterocycles. The minimum Gasteiger partial charge on any atom is -0.394 e. The number of aliphatic hydroxyl groups is 5. The molecule has 4 saturated carbocycles. The molecule has 1 saturated heterocycles. The summed E-state index contributed by atoms with van der Waals surface area (Å²) in [6, 6.07) is 0. The van der Waals surface area contributed by atoms with Crippen LogP contribution in [0.5, 0.6) is 0 Å². The van der Waals surface area contributed by atoms with Crippen molar-refractivity contribution in [3.8, 4) is 0 Å². The summed E-state index contributed by atoms with van der Waals surface area (Å²) in [4.78, 5) is 13.1. The molecule has 0 aromatic carbocycles. The van der Waals surface area contributed by atoms with Crippen LogP contribution in [0, 0.1) is 50.2 Å². The summed E-state index contributed by atoms with van der Waals surface area (Å²) in [5, 5.41) is 53.1. The van der Waals surface area contributed by atoms with Crippen LogP contribution >= 0.6 is 0 Å². The molecule has 5 aliphatic carbocycles. The summed E-state index contributed by atoms with van der Waals surface area (Å²) in [5.41, 5.74) is 1.63. The van der Waals surface area contributed by atoms with Crippen molar-refractivity contribution >= 4 is 5.78 Å². The van der Waals surface area contributed by atoms with Crippen LogP contribution in [-0.2, 0) is 9.53 Å². The molecule has 0 aromatic rings. The van der Waals surface area contributed by atoms with Crippen LogP contribution in [-0.4, -0.2) is 74.5 Å². The van der Waals surface area contributed by atoms with Gasteiger partial charge in [-0.05, 0) is 109 Å². The molecule has 0 spiro atoms. The minimum absolute atomic E-state index is 0.0329. The van der Waals surface area contributed by atoms with Crippen molar-refractivity contribution in [3.05, 3.63) is 11.6 Å². The maximum absolute atomic E-state index is 13.1. The summed E-state index contributed by atoms with van der Waals surface area (Å²) in [5.74, 6) is 1.68. The van der Waals surface area contributed by atoms with E-state index in [0.717, 1.165) is 57.8 Å². The van der Waals surface area contributed by atoms with Gasteiger partial charge >= 0.3 is 0 Å². The van der Waals surface area contributed by atoms with Gasteiger partial charge in [0.05, 0.1) is 12.7 Å². The molecule has 0 aromatic heterocycles. The van der Waals surface area contributed by atoms with E-state index in [1.54, 1.807) is 5.57 Å². The number of hydrogen-bond donors (Lipinski definition) is 5. The Morgan fingerprint density at radius 1 is 0.886 bits per heavy atom. The quantitative estimate of drug-likeness (QED) is 0.283. The summed E-state index contributed by atoms with van der Waals surface area (Å²) in [7, 11) is 0. The van der Waals surface area contributed by atoms with E-state index in [1.165, 1.54) is 0 Å². The number of hydrogen-bond acceptors (Lipinski definition) is 7. The first-order chi connectivity index (χ1) is 20.4. The van der Waals surface area contributed by atoms with Gasteiger partial charge in [0, 0.05) is 11.8 Å². The first-order valence-corrected chi connectivity index (χ1v) is 17.6. The van der Waals surface area contributed by atoms with Crippen molar-refractivity contribution < 1.29 is 35.1 Å². The molecule has 0 amide bonds. The summed E-state index contributed by atoms with van der Waals surface area (Å²) in [6.07, 6.45) is 5.71. The van der Waals surface area contributed by atoms with Crippen LogP contribution in [0.4, 0.5) is 0 Å². The van der Waals surface area contributed by atoms with Gasteiger partial charge in [-0.1, -0.05) is 60.1 Å². The van der Waals surface area contributed by atoms with E-state index in [-0.39, 0.29) is 32.5 Å². The lowest BCUT2D eigenvalue weighted by Crippen LogP contribution is -2.65. The Balaban J connectivity index is 1.34. The minimum atomic E-state index is -1.48. The first kappa shape index (κ1) is 33.1. The highest BCUT2D eigenvalue weighted by molar-refractivity contribution is 5.85. The third-order valence-corrected chi connectivity index (χ3v) is 15.5.